The van der Waals surface area contributed by atoms with Gasteiger partial charge in [-0.25, -0.2) is 9.48 Å². The molecule has 0 fully saturated rings. The number of ether oxygens (including phenoxy) is 3. The molecule has 0 saturated carbocycles. The van der Waals surface area contributed by atoms with Gasteiger partial charge in [-0.2, -0.15) is 0 Å². The lowest BCUT2D eigenvalue weighted by Gasteiger charge is -2.13. The van der Waals surface area contributed by atoms with Gasteiger partial charge in [0.25, 0.3) is 0 Å². The van der Waals surface area contributed by atoms with Crippen molar-refractivity contribution < 1.29 is 23.4 Å². The molecule has 0 aliphatic rings. The van der Waals surface area contributed by atoms with Crippen LogP contribution in [0.3, 0.4) is 0 Å². The summed E-state index contributed by atoms with van der Waals surface area (Å²) in [6, 6.07) is 20.1. The number of ketones is 1. The van der Waals surface area contributed by atoms with E-state index in [1.54, 1.807) is 68.4 Å². The van der Waals surface area contributed by atoms with Gasteiger partial charge in [0.2, 0.25) is 0 Å². The summed E-state index contributed by atoms with van der Waals surface area (Å²) in [5, 5.41) is 8.84. The minimum atomic E-state index is -0.551. The monoisotopic (exact) mass is 537 g/mol. The van der Waals surface area contributed by atoms with E-state index in [2.05, 4.69) is 10.3 Å². The van der Waals surface area contributed by atoms with E-state index in [1.807, 2.05) is 30.3 Å². The number of fused-ring (bicyclic) bond motifs is 1. The molecule has 5 rings (SSSR count). The fraction of sp³-hybridized carbons (Fsp3) is 0.161. The van der Waals surface area contributed by atoms with Crippen LogP contribution in [0.15, 0.2) is 88.2 Å². The Bertz CT molecular complexity index is 1750. The van der Waals surface area contributed by atoms with Crippen molar-refractivity contribution in [2.75, 3.05) is 14.2 Å². The van der Waals surface area contributed by atoms with Crippen molar-refractivity contribution in [2.45, 2.75) is 20.1 Å². The summed E-state index contributed by atoms with van der Waals surface area (Å²) in [4.78, 5) is 25.9. The van der Waals surface area contributed by atoms with E-state index in [1.165, 1.54) is 12.1 Å². The molecule has 9 heteroatoms. The van der Waals surface area contributed by atoms with Crippen LogP contribution in [-0.4, -0.2) is 35.0 Å². The van der Waals surface area contributed by atoms with E-state index in [-0.39, 0.29) is 29.3 Å². The summed E-state index contributed by atoms with van der Waals surface area (Å²) in [7, 11) is 3.10. The highest BCUT2D eigenvalue weighted by molar-refractivity contribution is 6.15. The van der Waals surface area contributed by atoms with Gasteiger partial charge < -0.3 is 18.6 Å². The first kappa shape index (κ1) is 26.4. The lowest BCUT2D eigenvalue weighted by molar-refractivity contribution is 0.104. The van der Waals surface area contributed by atoms with Crippen molar-refractivity contribution in [1.82, 2.24) is 15.0 Å². The molecule has 5 aromatic rings. The fourth-order valence-electron chi connectivity index (χ4n) is 4.36. The van der Waals surface area contributed by atoms with Gasteiger partial charge >= 0.3 is 5.63 Å². The number of nitrogens with zero attached hydrogens (tertiary/aromatic N) is 3. The Morgan fingerprint density at radius 2 is 1.75 bits per heavy atom. The zero-order valence-electron chi connectivity index (χ0n) is 22.3. The summed E-state index contributed by atoms with van der Waals surface area (Å²) in [6.45, 7) is 2.41. The number of carbonyl (C=O) groups excluding carboxylic acids is 1. The minimum absolute atomic E-state index is 0.0983. The smallest absolute Gasteiger partial charge is 0.336 e. The topological polar surface area (TPSA) is 106 Å². The Morgan fingerprint density at radius 3 is 2.52 bits per heavy atom. The number of hydrogen-bond acceptors (Lipinski definition) is 8. The second-order valence-corrected chi connectivity index (χ2v) is 9.03. The highest BCUT2D eigenvalue weighted by Crippen LogP contribution is 2.32. The summed E-state index contributed by atoms with van der Waals surface area (Å²) in [5.41, 5.74) is 2.97. The molecule has 2 aromatic heterocycles. The predicted octanol–water partition coefficient (Wildman–Crippen LogP) is 5.23. The molecule has 0 unspecified atom stereocenters. The Kier molecular flexibility index (Phi) is 7.72. The number of allylic oxidation sites excluding steroid dienone is 1. The van der Waals surface area contributed by atoms with E-state index < -0.39 is 5.63 Å². The Labute approximate surface area is 230 Å². The Balaban J connectivity index is 1.48. The molecule has 0 atom stereocenters. The first-order valence-corrected chi connectivity index (χ1v) is 12.5. The zero-order chi connectivity index (χ0) is 28.1. The molecule has 0 saturated heterocycles. The molecule has 0 aliphatic heterocycles. The van der Waals surface area contributed by atoms with E-state index in [0.29, 0.717) is 34.7 Å². The summed E-state index contributed by atoms with van der Waals surface area (Å²) >= 11 is 0. The molecule has 2 heterocycles. The van der Waals surface area contributed by atoms with Crippen LogP contribution < -0.4 is 19.8 Å². The minimum Gasteiger partial charge on any atom is -0.493 e. The fourth-order valence-corrected chi connectivity index (χ4v) is 4.36. The third kappa shape index (κ3) is 5.63. The van der Waals surface area contributed by atoms with Crippen molar-refractivity contribution in [3.63, 3.8) is 0 Å². The third-order valence-electron chi connectivity index (χ3n) is 6.41. The first-order chi connectivity index (χ1) is 19.5. The predicted molar refractivity (Wildman–Crippen MR) is 150 cm³/mol. The van der Waals surface area contributed by atoms with E-state index >= 15 is 0 Å². The van der Waals surface area contributed by atoms with Gasteiger partial charge in [0.15, 0.2) is 22.9 Å². The molecule has 3 aromatic carbocycles. The maximum atomic E-state index is 13.6. The summed E-state index contributed by atoms with van der Waals surface area (Å²) in [5.74, 6) is 0.998. The number of methoxy groups -OCH3 is 2. The average Bonchev–Trinajstić information content (AvgIpc) is 3.41. The van der Waals surface area contributed by atoms with E-state index in [9.17, 15) is 9.59 Å². The number of carbonyl (C=O) groups is 1. The van der Waals surface area contributed by atoms with Crippen molar-refractivity contribution in [1.29, 1.82) is 0 Å². The third-order valence-corrected chi connectivity index (χ3v) is 6.41. The van der Waals surface area contributed by atoms with Crippen LogP contribution in [0.2, 0.25) is 0 Å². The van der Waals surface area contributed by atoms with Crippen molar-refractivity contribution in [3.05, 3.63) is 117 Å². The van der Waals surface area contributed by atoms with Gasteiger partial charge in [0.05, 0.1) is 32.7 Å². The van der Waals surface area contributed by atoms with Crippen LogP contribution in [-0.2, 0) is 13.2 Å². The van der Waals surface area contributed by atoms with Crippen molar-refractivity contribution in [2.24, 2.45) is 0 Å². The highest BCUT2D eigenvalue weighted by Gasteiger charge is 2.20. The standard InChI is InChI=1S/C31H27N3O6/c1-20-15-29(36)40-31-24(20)11-14-27(39-19-23-17-32-33-34(23)18-22-7-5-4-6-8-22)30(31)25(35)12-9-21-10-13-26(37-2)28(16-21)38-3/h4-17H,18-19H2,1-3H3/b12-9+. The highest BCUT2D eigenvalue weighted by atomic mass is 16.5. The SMILES string of the molecule is COc1ccc(/C=C/C(=O)c2c(OCc3cnnn3Cc3ccccc3)ccc3c(C)cc(=O)oc23)cc1OC. The molecule has 0 radical (unpaired) electrons. The summed E-state index contributed by atoms with van der Waals surface area (Å²) < 4.78 is 24.1. The van der Waals surface area contributed by atoms with Gasteiger partial charge in [-0.1, -0.05) is 47.7 Å². The van der Waals surface area contributed by atoms with Gasteiger partial charge in [0, 0.05) is 11.5 Å². The maximum Gasteiger partial charge on any atom is 0.336 e. The largest absolute Gasteiger partial charge is 0.493 e. The summed E-state index contributed by atoms with van der Waals surface area (Å²) in [6.07, 6.45) is 4.68. The van der Waals surface area contributed by atoms with Crippen molar-refractivity contribution >= 4 is 22.8 Å². The van der Waals surface area contributed by atoms with Crippen LogP contribution in [0.25, 0.3) is 17.0 Å². The molecule has 0 bridgehead atoms. The van der Waals surface area contributed by atoms with E-state index in [0.717, 1.165) is 11.1 Å². The molecule has 9 nitrogen and oxygen atoms in total. The van der Waals surface area contributed by atoms with Crippen LogP contribution in [0, 0.1) is 6.92 Å². The van der Waals surface area contributed by atoms with Crippen LogP contribution in [0.4, 0.5) is 0 Å². The van der Waals surface area contributed by atoms with Crippen LogP contribution >= 0.6 is 0 Å². The number of hydrogen-bond donors (Lipinski definition) is 0. The van der Waals surface area contributed by atoms with Crippen LogP contribution in [0.5, 0.6) is 17.2 Å². The second-order valence-electron chi connectivity index (χ2n) is 9.03. The molecular formula is C31H27N3O6. The molecule has 40 heavy (non-hydrogen) atoms. The molecule has 0 aliphatic carbocycles. The molecule has 0 amide bonds. The number of aryl methyl sites for hydroxylation is 1. The Hall–Kier alpha value is -5.18. The van der Waals surface area contributed by atoms with Gasteiger partial charge in [0.1, 0.15) is 17.9 Å². The van der Waals surface area contributed by atoms with Crippen molar-refractivity contribution in [3.8, 4) is 17.2 Å². The average molecular weight is 538 g/mol. The maximum absolute atomic E-state index is 13.6. The molecule has 0 N–H and O–H groups in total. The molecular weight excluding hydrogens is 510 g/mol. The Morgan fingerprint density at radius 1 is 0.975 bits per heavy atom. The van der Waals surface area contributed by atoms with Gasteiger partial charge in [-0.3, -0.25) is 4.79 Å². The lowest BCUT2D eigenvalue weighted by atomic mass is 10.0. The molecule has 202 valence electrons. The quantitative estimate of drug-likeness (QED) is 0.135. The van der Waals surface area contributed by atoms with E-state index in [4.69, 9.17) is 18.6 Å². The zero-order valence-corrected chi connectivity index (χ0v) is 22.3. The van der Waals surface area contributed by atoms with Gasteiger partial charge in [-0.05, 0) is 54.0 Å². The second kappa shape index (κ2) is 11.7. The normalized spacial score (nSPS) is 11.2. The number of rotatable bonds is 10. The van der Waals surface area contributed by atoms with Gasteiger partial charge in [-0.15, -0.1) is 5.10 Å². The molecule has 0 spiro atoms. The lowest BCUT2D eigenvalue weighted by Crippen LogP contribution is -2.11. The first-order valence-electron chi connectivity index (χ1n) is 12.5. The number of aromatic nitrogens is 3. The number of benzene rings is 3. The van der Waals surface area contributed by atoms with Crippen LogP contribution in [0.1, 0.15) is 32.7 Å².